The van der Waals surface area contributed by atoms with Gasteiger partial charge in [0, 0.05) is 12.3 Å². The van der Waals surface area contributed by atoms with Gasteiger partial charge in [0.1, 0.15) is 5.75 Å². The quantitative estimate of drug-likeness (QED) is 0.900. The van der Waals surface area contributed by atoms with Crippen molar-refractivity contribution in [1.82, 2.24) is 0 Å². The van der Waals surface area contributed by atoms with Crippen molar-refractivity contribution >= 4 is 27.9 Å². The van der Waals surface area contributed by atoms with E-state index in [-0.39, 0.29) is 5.91 Å². The van der Waals surface area contributed by atoms with Crippen molar-refractivity contribution in [3.8, 4) is 16.9 Å². The summed E-state index contributed by atoms with van der Waals surface area (Å²) < 4.78 is 5.50. The van der Waals surface area contributed by atoms with E-state index >= 15 is 0 Å². The van der Waals surface area contributed by atoms with Gasteiger partial charge in [0.25, 0.3) is 0 Å². The highest BCUT2D eigenvalue weighted by molar-refractivity contribution is 7.14. The Morgan fingerprint density at radius 2 is 2.16 bits per heavy atom. The fourth-order valence-corrected chi connectivity index (χ4v) is 2.44. The summed E-state index contributed by atoms with van der Waals surface area (Å²) in [7, 11) is 0. The van der Waals surface area contributed by atoms with Crippen LogP contribution in [0.25, 0.3) is 11.1 Å². The maximum Gasteiger partial charge on any atom is 0.221 e. The van der Waals surface area contributed by atoms with Crippen LogP contribution >= 0.6 is 11.3 Å². The number of carbonyl (C=O) groups is 1. The van der Waals surface area contributed by atoms with E-state index in [4.69, 9.17) is 10.5 Å². The third-order valence-corrected chi connectivity index (χ3v) is 3.30. The molecule has 0 aliphatic heterocycles. The summed E-state index contributed by atoms with van der Waals surface area (Å²) in [6.45, 7) is 3.94. The van der Waals surface area contributed by atoms with E-state index in [0.717, 1.165) is 16.1 Å². The Hall–Kier alpha value is -2.01. The zero-order chi connectivity index (χ0) is 13.8. The van der Waals surface area contributed by atoms with Crippen LogP contribution in [-0.4, -0.2) is 12.5 Å². The number of nitrogen functional groups attached to an aromatic ring is 1. The van der Waals surface area contributed by atoms with Crippen LogP contribution in [0.2, 0.25) is 0 Å². The summed E-state index contributed by atoms with van der Waals surface area (Å²) in [6.07, 6.45) is 0. The molecule has 0 spiro atoms. The molecule has 1 amide bonds. The van der Waals surface area contributed by atoms with Gasteiger partial charge < -0.3 is 15.8 Å². The number of thiophene rings is 1. The molecule has 2 rings (SSSR count). The second-order valence-corrected chi connectivity index (χ2v) is 5.01. The molecule has 0 aliphatic rings. The van der Waals surface area contributed by atoms with Gasteiger partial charge in [-0.1, -0.05) is 6.07 Å². The Kier molecular flexibility index (Phi) is 4.06. The third kappa shape index (κ3) is 3.26. The van der Waals surface area contributed by atoms with E-state index in [1.54, 1.807) is 0 Å². The first-order chi connectivity index (χ1) is 9.10. The minimum atomic E-state index is -0.122. The van der Waals surface area contributed by atoms with Crippen LogP contribution in [0, 0.1) is 0 Å². The van der Waals surface area contributed by atoms with E-state index < -0.39 is 0 Å². The number of anilines is 2. The molecule has 1 aromatic carbocycles. The number of ether oxygens (including phenoxy) is 1. The first-order valence-electron chi connectivity index (χ1n) is 5.99. The average molecular weight is 276 g/mol. The van der Waals surface area contributed by atoms with Crippen molar-refractivity contribution in [3.05, 3.63) is 29.6 Å². The number of nitrogens with two attached hydrogens (primary N) is 1. The molecule has 0 unspecified atom stereocenters. The van der Waals surface area contributed by atoms with Gasteiger partial charge in [-0.05, 0) is 36.2 Å². The monoisotopic (exact) mass is 276 g/mol. The Labute approximate surface area is 116 Å². The number of hydrogen-bond acceptors (Lipinski definition) is 4. The molecule has 0 fully saturated rings. The van der Waals surface area contributed by atoms with Crippen LogP contribution in [0.3, 0.4) is 0 Å². The van der Waals surface area contributed by atoms with Gasteiger partial charge in [-0.2, -0.15) is 0 Å². The maximum atomic E-state index is 11.2. The summed E-state index contributed by atoms with van der Waals surface area (Å²) in [5, 5.41) is 5.54. The molecule has 4 nitrogen and oxygen atoms in total. The maximum absolute atomic E-state index is 11.2. The highest BCUT2D eigenvalue weighted by Crippen LogP contribution is 2.33. The summed E-state index contributed by atoms with van der Waals surface area (Å²) >= 11 is 1.49. The van der Waals surface area contributed by atoms with Gasteiger partial charge in [-0.15, -0.1) is 11.3 Å². The van der Waals surface area contributed by atoms with Gasteiger partial charge in [-0.3, -0.25) is 4.79 Å². The third-order valence-electron chi connectivity index (χ3n) is 2.54. The van der Waals surface area contributed by atoms with Gasteiger partial charge >= 0.3 is 0 Å². The zero-order valence-corrected chi connectivity index (χ0v) is 11.7. The van der Waals surface area contributed by atoms with Crippen LogP contribution in [-0.2, 0) is 4.79 Å². The smallest absolute Gasteiger partial charge is 0.221 e. The zero-order valence-electron chi connectivity index (χ0n) is 10.9. The lowest BCUT2D eigenvalue weighted by Gasteiger charge is -2.12. The molecule has 0 saturated heterocycles. The number of hydrogen-bond donors (Lipinski definition) is 2. The van der Waals surface area contributed by atoms with Crippen molar-refractivity contribution in [1.29, 1.82) is 0 Å². The Bertz CT molecular complexity index is 593. The van der Waals surface area contributed by atoms with Gasteiger partial charge in [0.15, 0.2) is 0 Å². The fourth-order valence-electron chi connectivity index (χ4n) is 1.78. The molecular formula is C14H16N2O2S. The second-order valence-electron chi connectivity index (χ2n) is 4.06. The lowest BCUT2D eigenvalue weighted by atomic mass is 10.1. The molecule has 0 saturated carbocycles. The molecule has 5 heteroatoms. The highest BCUT2D eigenvalue weighted by atomic mass is 32.1. The van der Waals surface area contributed by atoms with E-state index in [2.05, 4.69) is 5.32 Å². The van der Waals surface area contributed by atoms with E-state index in [9.17, 15) is 4.79 Å². The first kappa shape index (κ1) is 13.4. The van der Waals surface area contributed by atoms with Crippen molar-refractivity contribution in [2.24, 2.45) is 0 Å². The molecule has 2 aromatic rings. The first-order valence-corrected chi connectivity index (χ1v) is 6.87. The van der Waals surface area contributed by atoms with Crippen LogP contribution < -0.4 is 15.8 Å². The number of rotatable bonds is 4. The van der Waals surface area contributed by atoms with Gasteiger partial charge in [0.05, 0.1) is 17.3 Å². The number of benzene rings is 1. The van der Waals surface area contributed by atoms with Crippen molar-refractivity contribution in [2.75, 3.05) is 17.7 Å². The van der Waals surface area contributed by atoms with Gasteiger partial charge in [-0.25, -0.2) is 0 Å². The van der Waals surface area contributed by atoms with Gasteiger partial charge in [0.2, 0.25) is 5.91 Å². The minimum absolute atomic E-state index is 0.122. The molecule has 1 heterocycles. The molecular weight excluding hydrogens is 260 g/mol. The summed E-state index contributed by atoms with van der Waals surface area (Å²) in [5.74, 6) is 0.549. The molecule has 0 radical (unpaired) electrons. The summed E-state index contributed by atoms with van der Waals surface area (Å²) in [4.78, 5) is 11.2. The minimum Gasteiger partial charge on any atom is -0.492 e. The van der Waals surface area contributed by atoms with Crippen LogP contribution in [0.4, 0.5) is 10.7 Å². The Balaban J connectivity index is 2.39. The SMILES string of the molecule is CCOc1ccc(-c2csc(N)c2)cc1NC(C)=O. The van der Waals surface area contributed by atoms with Crippen molar-refractivity contribution in [2.45, 2.75) is 13.8 Å². The highest BCUT2D eigenvalue weighted by Gasteiger charge is 2.08. The van der Waals surface area contributed by atoms with Crippen molar-refractivity contribution in [3.63, 3.8) is 0 Å². The number of nitrogens with one attached hydrogen (secondary N) is 1. The standard InChI is InChI=1S/C14H16N2O2S/c1-3-18-13-5-4-10(6-12(13)16-9(2)17)11-7-14(15)19-8-11/h4-8H,3,15H2,1-2H3,(H,16,17). The Morgan fingerprint density at radius 1 is 1.37 bits per heavy atom. The Morgan fingerprint density at radius 3 is 2.74 bits per heavy atom. The molecule has 100 valence electrons. The van der Waals surface area contributed by atoms with Crippen LogP contribution in [0.15, 0.2) is 29.6 Å². The van der Waals surface area contributed by atoms with Crippen molar-refractivity contribution < 1.29 is 9.53 Å². The molecule has 0 atom stereocenters. The number of carbonyl (C=O) groups excluding carboxylic acids is 1. The molecule has 3 N–H and O–H groups in total. The summed E-state index contributed by atoms with van der Waals surface area (Å²) in [5.41, 5.74) is 8.45. The molecule has 1 aromatic heterocycles. The molecule has 0 bridgehead atoms. The van der Waals surface area contributed by atoms with E-state index in [0.29, 0.717) is 18.0 Å². The molecule has 19 heavy (non-hydrogen) atoms. The lowest BCUT2D eigenvalue weighted by Crippen LogP contribution is -2.08. The normalized spacial score (nSPS) is 10.2. The topological polar surface area (TPSA) is 64.3 Å². The predicted octanol–water partition coefficient (Wildman–Crippen LogP) is 3.35. The van der Waals surface area contributed by atoms with E-state index in [1.165, 1.54) is 18.3 Å². The summed E-state index contributed by atoms with van der Waals surface area (Å²) in [6, 6.07) is 7.63. The lowest BCUT2D eigenvalue weighted by molar-refractivity contribution is -0.114. The largest absolute Gasteiger partial charge is 0.492 e. The average Bonchev–Trinajstić information content (AvgIpc) is 2.78. The van der Waals surface area contributed by atoms with Crippen LogP contribution in [0.5, 0.6) is 5.75 Å². The second kappa shape index (κ2) is 5.75. The molecule has 0 aliphatic carbocycles. The van der Waals surface area contributed by atoms with Crippen LogP contribution in [0.1, 0.15) is 13.8 Å². The van der Waals surface area contributed by atoms with E-state index in [1.807, 2.05) is 36.6 Å². The predicted molar refractivity (Wildman–Crippen MR) is 79.6 cm³/mol. The number of amides is 1. The fraction of sp³-hybridized carbons (Fsp3) is 0.214.